The number of carbonyl (C=O) groups is 1. The molecule has 0 saturated heterocycles. The summed E-state index contributed by atoms with van der Waals surface area (Å²) in [4.78, 5) is 11.2. The molecule has 3 rings (SSSR count). The van der Waals surface area contributed by atoms with E-state index in [4.69, 9.17) is 10.5 Å². The molecule has 23 heavy (non-hydrogen) atoms. The van der Waals surface area contributed by atoms with Gasteiger partial charge in [0.15, 0.2) is 16.7 Å². The molecule has 6 nitrogen and oxygen atoms in total. The van der Waals surface area contributed by atoms with Crippen molar-refractivity contribution in [2.75, 3.05) is 12.4 Å². The molecule has 0 unspecified atom stereocenters. The third-order valence-electron chi connectivity index (χ3n) is 3.41. The largest absolute Gasteiger partial charge is 0.490 e. The lowest BCUT2D eigenvalue weighted by Crippen LogP contribution is -2.20. The Morgan fingerprint density at radius 1 is 1.39 bits per heavy atom. The predicted molar refractivity (Wildman–Crippen MR) is 83.8 cm³/mol. The monoisotopic (exact) mass is 336 g/mol. The van der Waals surface area contributed by atoms with Gasteiger partial charge in [-0.2, -0.15) is 0 Å². The number of amides is 1. The van der Waals surface area contributed by atoms with Crippen LogP contribution in [-0.4, -0.2) is 33.0 Å². The van der Waals surface area contributed by atoms with E-state index < -0.39 is 5.91 Å². The lowest BCUT2D eigenvalue weighted by atomic mass is 10.3. The van der Waals surface area contributed by atoms with Crippen LogP contribution in [0.5, 0.6) is 5.75 Å². The number of nitrogens with zero attached hydrogens (tertiary/aromatic N) is 3. The molecule has 1 aliphatic rings. The van der Waals surface area contributed by atoms with Gasteiger partial charge in [0.1, 0.15) is 12.4 Å². The van der Waals surface area contributed by atoms with Gasteiger partial charge in [-0.1, -0.05) is 23.9 Å². The number of ether oxygens (including phenoxy) is 1. The Hall–Kier alpha value is -2.09. The van der Waals surface area contributed by atoms with E-state index in [0.29, 0.717) is 23.4 Å². The second-order valence-corrected chi connectivity index (χ2v) is 6.36. The van der Waals surface area contributed by atoms with Gasteiger partial charge < -0.3 is 10.5 Å². The van der Waals surface area contributed by atoms with Crippen LogP contribution in [0.1, 0.15) is 24.6 Å². The van der Waals surface area contributed by atoms with Gasteiger partial charge in [0.05, 0.1) is 6.61 Å². The molecule has 0 aliphatic heterocycles. The van der Waals surface area contributed by atoms with Crippen molar-refractivity contribution in [3.63, 3.8) is 0 Å². The number of aromatic nitrogens is 3. The molecule has 0 atom stereocenters. The number of primary amides is 1. The van der Waals surface area contributed by atoms with Crippen LogP contribution >= 0.6 is 11.8 Å². The summed E-state index contributed by atoms with van der Waals surface area (Å²) in [6, 6.07) is 6.27. The summed E-state index contributed by atoms with van der Waals surface area (Å²) in [5, 5.41) is 8.94. The Morgan fingerprint density at radius 2 is 2.17 bits per heavy atom. The Balaban J connectivity index is 1.57. The van der Waals surface area contributed by atoms with E-state index >= 15 is 0 Å². The highest BCUT2D eigenvalue weighted by molar-refractivity contribution is 7.99. The minimum atomic E-state index is -0.420. The van der Waals surface area contributed by atoms with Crippen molar-refractivity contribution < 1.29 is 13.9 Å². The van der Waals surface area contributed by atoms with E-state index in [1.165, 1.54) is 17.8 Å². The van der Waals surface area contributed by atoms with Gasteiger partial charge in [0.25, 0.3) is 0 Å². The first kappa shape index (κ1) is 15.8. The first-order valence-corrected chi connectivity index (χ1v) is 8.35. The summed E-state index contributed by atoms with van der Waals surface area (Å²) in [5.74, 6) is 1.19. The third-order valence-corrected chi connectivity index (χ3v) is 4.34. The highest BCUT2D eigenvalue weighted by Crippen LogP contribution is 2.39. The van der Waals surface area contributed by atoms with Gasteiger partial charge in [-0.15, -0.1) is 10.2 Å². The number of benzene rings is 1. The van der Waals surface area contributed by atoms with Gasteiger partial charge in [0.2, 0.25) is 5.91 Å². The van der Waals surface area contributed by atoms with E-state index in [1.54, 1.807) is 22.8 Å². The van der Waals surface area contributed by atoms with Crippen molar-refractivity contribution in [3.05, 3.63) is 35.9 Å². The van der Waals surface area contributed by atoms with E-state index in [0.717, 1.165) is 18.7 Å². The molecule has 1 aromatic heterocycles. The topological polar surface area (TPSA) is 83.0 Å². The molecule has 1 aromatic carbocycles. The number of para-hydroxylation sites is 1. The molecule has 1 saturated carbocycles. The Labute approximate surface area is 137 Å². The van der Waals surface area contributed by atoms with E-state index in [1.807, 2.05) is 0 Å². The predicted octanol–water partition coefficient (Wildman–Crippen LogP) is 1.95. The van der Waals surface area contributed by atoms with E-state index in [-0.39, 0.29) is 18.1 Å². The quantitative estimate of drug-likeness (QED) is 0.588. The van der Waals surface area contributed by atoms with Gasteiger partial charge in [-0.25, -0.2) is 4.39 Å². The lowest BCUT2D eigenvalue weighted by Gasteiger charge is -2.08. The van der Waals surface area contributed by atoms with Gasteiger partial charge in [-0.3, -0.25) is 9.36 Å². The van der Waals surface area contributed by atoms with Crippen molar-refractivity contribution in [1.82, 2.24) is 14.8 Å². The summed E-state index contributed by atoms with van der Waals surface area (Å²) in [5.41, 5.74) is 5.30. The zero-order chi connectivity index (χ0) is 16.2. The van der Waals surface area contributed by atoms with Crippen LogP contribution in [0, 0.1) is 5.82 Å². The zero-order valence-electron chi connectivity index (χ0n) is 12.4. The smallest absolute Gasteiger partial charge is 0.237 e. The normalized spacial score (nSPS) is 14.0. The number of rotatable bonds is 8. The molecule has 122 valence electrons. The molecule has 1 heterocycles. The summed E-state index contributed by atoms with van der Waals surface area (Å²) >= 11 is 1.41. The maximum atomic E-state index is 13.4. The fraction of sp³-hybridized carbons (Fsp3) is 0.400. The van der Waals surface area contributed by atoms with Crippen LogP contribution in [0.4, 0.5) is 4.39 Å². The second-order valence-electron chi connectivity index (χ2n) is 5.29. The van der Waals surface area contributed by atoms with Crippen molar-refractivity contribution >= 4 is 17.7 Å². The molecule has 0 spiro atoms. The number of thioether (sulfide) groups is 1. The average Bonchev–Trinajstić information content (AvgIpc) is 3.29. The molecule has 2 aromatic rings. The molecule has 1 fully saturated rings. The molecular formula is C15H17FN4O2S. The highest BCUT2D eigenvalue weighted by Gasteiger charge is 2.30. The first-order chi connectivity index (χ1) is 11.1. The number of hydrogen-bond donors (Lipinski definition) is 1. The first-order valence-electron chi connectivity index (χ1n) is 7.36. The number of carbonyl (C=O) groups excluding carboxylic acids is 1. The molecular weight excluding hydrogens is 319 g/mol. The van der Waals surface area contributed by atoms with E-state index in [2.05, 4.69) is 10.2 Å². The molecule has 1 aliphatic carbocycles. The molecule has 8 heteroatoms. The summed E-state index contributed by atoms with van der Waals surface area (Å²) in [7, 11) is 0. The van der Waals surface area contributed by atoms with E-state index in [9.17, 15) is 9.18 Å². The Bertz CT molecular complexity index is 703. The fourth-order valence-electron chi connectivity index (χ4n) is 2.20. The van der Waals surface area contributed by atoms with Crippen LogP contribution in [0.25, 0.3) is 0 Å². The molecule has 0 radical (unpaired) electrons. The SMILES string of the molecule is NC(=O)Cn1c(SCCOc2ccccc2F)nnc1C1CC1. The van der Waals surface area contributed by atoms with Crippen LogP contribution in [0.2, 0.25) is 0 Å². The minimum Gasteiger partial charge on any atom is -0.490 e. The van der Waals surface area contributed by atoms with Gasteiger partial charge in [0, 0.05) is 11.7 Å². The fourth-order valence-corrected chi connectivity index (χ4v) is 2.96. The number of halogens is 1. The minimum absolute atomic E-state index is 0.0787. The number of nitrogens with two attached hydrogens (primary N) is 1. The van der Waals surface area contributed by atoms with Crippen LogP contribution in [-0.2, 0) is 11.3 Å². The molecule has 0 bridgehead atoms. The van der Waals surface area contributed by atoms with Gasteiger partial charge in [-0.05, 0) is 25.0 Å². The van der Waals surface area contributed by atoms with Crippen LogP contribution in [0.3, 0.4) is 0 Å². The highest BCUT2D eigenvalue weighted by atomic mass is 32.2. The van der Waals surface area contributed by atoms with Crippen molar-refractivity contribution in [2.24, 2.45) is 5.73 Å². The molecule has 2 N–H and O–H groups in total. The maximum Gasteiger partial charge on any atom is 0.237 e. The summed E-state index contributed by atoms with van der Waals surface area (Å²) in [6.07, 6.45) is 2.13. The standard InChI is InChI=1S/C15H17FN4O2S/c16-11-3-1-2-4-12(11)22-7-8-23-15-19-18-14(10-5-6-10)20(15)9-13(17)21/h1-4,10H,5-9H2,(H2,17,21). The number of hydrogen-bond acceptors (Lipinski definition) is 5. The molecule has 1 amide bonds. The average molecular weight is 336 g/mol. The zero-order valence-corrected chi connectivity index (χ0v) is 13.3. The summed E-state index contributed by atoms with van der Waals surface area (Å²) < 4.78 is 20.6. The Kier molecular flexibility index (Phi) is 4.80. The van der Waals surface area contributed by atoms with Gasteiger partial charge >= 0.3 is 0 Å². The summed E-state index contributed by atoms with van der Waals surface area (Å²) in [6.45, 7) is 0.406. The van der Waals surface area contributed by atoms with Crippen LogP contribution in [0.15, 0.2) is 29.4 Å². The second kappa shape index (κ2) is 6.99. The van der Waals surface area contributed by atoms with Crippen molar-refractivity contribution in [2.45, 2.75) is 30.5 Å². The third kappa shape index (κ3) is 4.01. The lowest BCUT2D eigenvalue weighted by molar-refractivity contribution is -0.118. The van der Waals surface area contributed by atoms with Crippen molar-refractivity contribution in [3.8, 4) is 5.75 Å². The Morgan fingerprint density at radius 3 is 2.87 bits per heavy atom. The maximum absolute atomic E-state index is 13.4. The van der Waals surface area contributed by atoms with Crippen molar-refractivity contribution in [1.29, 1.82) is 0 Å². The van der Waals surface area contributed by atoms with Crippen LogP contribution < -0.4 is 10.5 Å².